The molecule has 19 heavy (non-hydrogen) atoms. The predicted octanol–water partition coefficient (Wildman–Crippen LogP) is 1.48. The fraction of sp³-hybridized carbons (Fsp3) is 0.538. The van der Waals surface area contributed by atoms with Gasteiger partial charge in [-0.05, 0) is 48.2 Å². The molecule has 0 bridgehead atoms. The SMILES string of the molecule is CC(N)C1CCCCN1C(=O)c1c[nH]c(=O)c(Br)c1. The average Bonchev–Trinajstić information content (AvgIpc) is 2.41. The quantitative estimate of drug-likeness (QED) is 0.863. The van der Waals surface area contributed by atoms with E-state index in [1.54, 1.807) is 6.07 Å². The number of aromatic amines is 1. The van der Waals surface area contributed by atoms with Crippen molar-refractivity contribution in [1.29, 1.82) is 0 Å². The third-order valence-electron chi connectivity index (χ3n) is 3.52. The molecule has 1 amide bonds. The second-order valence-corrected chi connectivity index (χ2v) is 5.84. The van der Waals surface area contributed by atoms with E-state index in [1.165, 1.54) is 6.20 Å². The summed E-state index contributed by atoms with van der Waals surface area (Å²) >= 11 is 3.14. The van der Waals surface area contributed by atoms with E-state index in [0.29, 0.717) is 10.0 Å². The summed E-state index contributed by atoms with van der Waals surface area (Å²) in [5, 5.41) is 0. The molecular weight excluding hydrogens is 310 g/mol. The Labute approximate surface area is 120 Å². The maximum atomic E-state index is 12.5. The lowest BCUT2D eigenvalue weighted by atomic mass is 9.96. The molecule has 2 unspecified atom stereocenters. The zero-order valence-corrected chi connectivity index (χ0v) is 12.4. The van der Waals surface area contributed by atoms with Gasteiger partial charge < -0.3 is 15.6 Å². The van der Waals surface area contributed by atoms with Crippen LogP contribution in [0.5, 0.6) is 0 Å². The minimum Gasteiger partial charge on any atom is -0.334 e. The summed E-state index contributed by atoms with van der Waals surface area (Å²) in [5.74, 6) is -0.0704. The van der Waals surface area contributed by atoms with E-state index in [9.17, 15) is 9.59 Å². The molecule has 1 aliphatic heterocycles. The molecule has 104 valence electrons. The molecule has 5 nitrogen and oxygen atoms in total. The fourth-order valence-corrected chi connectivity index (χ4v) is 2.86. The molecule has 0 aromatic carbocycles. The van der Waals surface area contributed by atoms with Gasteiger partial charge in [-0.1, -0.05) is 0 Å². The minimum absolute atomic E-state index is 0.0459. The van der Waals surface area contributed by atoms with Gasteiger partial charge in [0.05, 0.1) is 10.0 Å². The van der Waals surface area contributed by atoms with Gasteiger partial charge in [-0.3, -0.25) is 9.59 Å². The Hall–Kier alpha value is -1.14. The Morgan fingerprint density at radius 2 is 2.32 bits per heavy atom. The number of halogens is 1. The van der Waals surface area contributed by atoms with Crippen molar-refractivity contribution in [3.63, 3.8) is 0 Å². The number of aromatic nitrogens is 1. The summed E-state index contributed by atoms with van der Waals surface area (Å²) in [6.45, 7) is 2.65. The molecule has 0 aliphatic carbocycles. The first-order valence-electron chi connectivity index (χ1n) is 6.45. The van der Waals surface area contributed by atoms with Crippen LogP contribution in [0.2, 0.25) is 0 Å². The van der Waals surface area contributed by atoms with Crippen molar-refractivity contribution in [1.82, 2.24) is 9.88 Å². The second-order valence-electron chi connectivity index (χ2n) is 4.99. The predicted molar refractivity (Wildman–Crippen MR) is 77.1 cm³/mol. The second kappa shape index (κ2) is 5.88. The van der Waals surface area contributed by atoms with E-state index in [2.05, 4.69) is 20.9 Å². The highest BCUT2D eigenvalue weighted by Gasteiger charge is 2.30. The lowest BCUT2D eigenvalue weighted by Gasteiger charge is -2.38. The molecule has 2 atom stereocenters. The number of H-pyrrole nitrogens is 1. The van der Waals surface area contributed by atoms with E-state index < -0.39 is 0 Å². The lowest BCUT2D eigenvalue weighted by molar-refractivity contribution is 0.0583. The molecule has 0 spiro atoms. The first-order valence-corrected chi connectivity index (χ1v) is 7.25. The van der Waals surface area contributed by atoms with Crippen LogP contribution in [0.1, 0.15) is 36.5 Å². The van der Waals surface area contributed by atoms with Gasteiger partial charge in [-0.15, -0.1) is 0 Å². The minimum atomic E-state index is -0.237. The van der Waals surface area contributed by atoms with Crippen molar-refractivity contribution in [2.45, 2.75) is 38.3 Å². The van der Waals surface area contributed by atoms with Crippen LogP contribution in [-0.4, -0.2) is 34.4 Å². The molecule has 6 heteroatoms. The summed E-state index contributed by atoms with van der Waals surface area (Å²) in [7, 11) is 0. The average molecular weight is 328 g/mol. The molecule has 1 aromatic rings. The van der Waals surface area contributed by atoms with Crippen molar-refractivity contribution in [3.05, 3.63) is 32.7 Å². The number of pyridine rings is 1. The van der Waals surface area contributed by atoms with Crippen LogP contribution in [-0.2, 0) is 0 Å². The smallest absolute Gasteiger partial charge is 0.262 e. The van der Waals surface area contributed by atoms with E-state index in [1.807, 2.05) is 11.8 Å². The van der Waals surface area contributed by atoms with Gasteiger partial charge in [0.25, 0.3) is 11.5 Å². The van der Waals surface area contributed by atoms with Crippen molar-refractivity contribution in [2.75, 3.05) is 6.54 Å². The van der Waals surface area contributed by atoms with Gasteiger partial charge in [0, 0.05) is 24.8 Å². The van der Waals surface area contributed by atoms with E-state index in [0.717, 1.165) is 25.8 Å². The summed E-state index contributed by atoms with van der Waals surface area (Å²) in [5.41, 5.74) is 6.21. The van der Waals surface area contributed by atoms with Crippen LogP contribution in [0.4, 0.5) is 0 Å². The molecular formula is C13H18BrN3O2. The molecule has 3 N–H and O–H groups in total. The van der Waals surface area contributed by atoms with Crippen LogP contribution in [0.15, 0.2) is 21.5 Å². The number of nitrogens with two attached hydrogens (primary N) is 1. The molecule has 2 heterocycles. The number of carbonyl (C=O) groups excluding carboxylic acids is 1. The maximum absolute atomic E-state index is 12.5. The van der Waals surface area contributed by atoms with Crippen LogP contribution < -0.4 is 11.3 Å². The van der Waals surface area contributed by atoms with E-state index in [4.69, 9.17) is 5.73 Å². The largest absolute Gasteiger partial charge is 0.334 e. The van der Waals surface area contributed by atoms with Crippen LogP contribution in [0.25, 0.3) is 0 Å². The Morgan fingerprint density at radius 3 is 2.95 bits per heavy atom. The highest BCUT2D eigenvalue weighted by molar-refractivity contribution is 9.10. The normalized spacial score (nSPS) is 21.2. The van der Waals surface area contributed by atoms with Crippen LogP contribution >= 0.6 is 15.9 Å². The monoisotopic (exact) mass is 327 g/mol. The standard InChI is InChI=1S/C13H18BrN3O2/c1-8(15)11-4-2-3-5-17(11)13(19)9-6-10(14)12(18)16-7-9/h6-8,11H,2-5,15H2,1H3,(H,16,18). The number of piperidine rings is 1. The number of carbonyl (C=O) groups is 1. The van der Waals surface area contributed by atoms with E-state index in [-0.39, 0.29) is 23.6 Å². The topological polar surface area (TPSA) is 79.2 Å². The Morgan fingerprint density at radius 1 is 1.58 bits per heavy atom. The lowest BCUT2D eigenvalue weighted by Crippen LogP contribution is -2.51. The van der Waals surface area contributed by atoms with Crippen molar-refractivity contribution >= 4 is 21.8 Å². The Bertz CT molecular complexity index is 527. The van der Waals surface area contributed by atoms with Gasteiger partial charge in [0.15, 0.2) is 0 Å². The van der Waals surface area contributed by atoms with Crippen molar-refractivity contribution in [2.24, 2.45) is 5.73 Å². The van der Waals surface area contributed by atoms with Gasteiger partial charge in [0.1, 0.15) is 0 Å². The van der Waals surface area contributed by atoms with Crippen LogP contribution in [0, 0.1) is 0 Å². The Balaban J connectivity index is 2.26. The first kappa shape index (κ1) is 14.3. The zero-order chi connectivity index (χ0) is 14.0. The molecule has 1 aliphatic rings. The summed E-state index contributed by atoms with van der Waals surface area (Å²) < 4.78 is 0.368. The number of rotatable bonds is 2. The third kappa shape index (κ3) is 3.06. The molecule has 1 saturated heterocycles. The maximum Gasteiger partial charge on any atom is 0.262 e. The summed E-state index contributed by atoms with van der Waals surface area (Å²) in [4.78, 5) is 28.2. The number of likely N-dealkylation sites (tertiary alicyclic amines) is 1. The van der Waals surface area contributed by atoms with E-state index >= 15 is 0 Å². The first-order chi connectivity index (χ1) is 9.00. The van der Waals surface area contributed by atoms with Gasteiger partial charge >= 0.3 is 0 Å². The number of hydrogen-bond donors (Lipinski definition) is 2. The molecule has 1 aromatic heterocycles. The number of amides is 1. The highest BCUT2D eigenvalue weighted by Crippen LogP contribution is 2.21. The molecule has 0 saturated carbocycles. The molecule has 1 fully saturated rings. The van der Waals surface area contributed by atoms with Gasteiger partial charge in [-0.25, -0.2) is 0 Å². The Kier molecular flexibility index (Phi) is 4.42. The third-order valence-corrected chi connectivity index (χ3v) is 4.11. The van der Waals surface area contributed by atoms with Crippen molar-refractivity contribution < 1.29 is 4.79 Å². The van der Waals surface area contributed by atoms with Crippen molar-refractivity contribution in [3.8, 4) is 0 Å². The summed E-state index contributed by atoms with van der Waals surface area (Å²) in [6, 6.07) is 1.59. The van der Waals surface area contributed by atoms with Gasteiger partial charge in [0.2, 0.25) is 0 Å². The molecule has 2 rings (SSSR count). The number of hydrogen-bond acceptors (Lipinski definition) is 3. The van der Waals surface area contributed by atoms with Gasteiger partial charge in [-0.2, -0.15) is 0 Å². The molecule has 0 radical (unpaired) electrons. The van der Waals surface area contributed by atoms with Crippen LogP contribution in [0.3, 0.4) is 0 Å². The number of nitrogens with zero attached hydrogens (tertiary/aromatic N) is 1. The number of nitrogens with one attached hydrogen (secondary N) is 1. The highest BCUT2D eigenvalue weighted by atomic mass is 79.9. The summed E-state index contributed by atoms with van der Waals surface area (Å²) in [6.07, 6.45) is 4.50. The zero-order valence-electron chi connectivity index (χ0n) is 10.9. The fourth-order valence-electron chi connectivity index (χ4n) is 2.50.